The molecule has 0 aliphatic heterocycles. The average molecular weight is 401 g/mol. The Morgan fingerprint density at radius 3 is 2.52 bits per heavy atom. The van der Waals surface area contributed by atoms with E-state index in [-0.39, 0.29) is 0 Å². The second-order valence-corrected chi connectivity index (χ2v) is 7.56. The molecule has 0 saturated heterocycles. The van der Waals surface area contributed by atoms with E-state index < -0.39 is 0 Å². The van der Waals surface area contributed by atoms with Crippen molar-refractivity contribution < 1.29 is 4.84 Å². The van der Waals surface area contributed by atoms with Crippen molar-refractivity contribution in [3.63, 3.8) is 0 Å². The van der Waals surface area contributed by atoms with Gasteiger partial charge in [-0.1, -0.05) is 44.9 Å². The molecule has 29 heavy (non-hydrogen) atoms. The van der Waals surface area contributed by atoms with Crippen LogP contribution in [0, 0.1) is 11.5 Å². The van der Waals surface area contributed by atoms with Gasteiger partial charge >= 0.3 is 0 Å². The van der Waals surface area contributed by atoms with Gasteiger partial charge in [-0.2, -0.15) is 10.3 Å². The van der Waals surface area contributed by atoms with Crippen LogP contribution >= 0.6 is 0 Å². The van der Waals surface area contributed by atoms with E-state index in [1.165, 1.54) is 57.8 Å². The number of nitriles is 1. The average Bonchev–Trinajstić information content (AvgIpc) is 2.76. The van der Waals surface area contributed by atoms with Crippen molar-refractivity contribution in [2.75, 3.05) is 25.5 Å². The number of hydrogen-bond donors (Lipinski definition) is 2. The first-order valence-corrected chi connectivity index (χ1v) is 11.0. The van der Waals surface area contributed by atoms with E-state index >= 15 is 0 Å². The molecule has 160 valence electrons. The Balaban J connectivity index is 1.53. The molecule has 1 aromatic rings. The lowest BCUT2D eigenvalue weighted by atomic mass is 9.95. The molecule has 0 bridgehead atoms. The summed E-state index contributed by atoms with van der Waals surface area (Å²) >= 11 is 0. The van der Waals surface area contributed by atoms with Gasteiger partial charge in [0.25, 0.3) is 0 Å². The van der Waals surface area contributed by atoms with Crippen LogP contribution in [0.2, 0.25) is 0 Å². The highest BCUT2D eigenvalue weighted by Gasteiger charge is 2.20. The van der Waals surface area contributed by atoms with E-state index in [4.69, 9.17) is 10.1 Å². The van der Waals surface area contributed by atoms with E-state index in [1.54, 1.807) is 12.4 Å². The van der Waals surface area contributed by atoms with Crippen LogP contribution in [-0.2, 0) is 4.84 Å². The molecule has 1 saturated carbocycles. The summed E-state index contributed by atoms with van der Waals surface area (Å²) in [7, 11) is 1.81. The van der Waals surface area contributed by atoms with Crippen molar-refractivity contribution >= 4 is 11.6 Å². The lowest BCUT2D eigenvalue weighted by Crippen LogP contribution is -2.36. The van der Waals surface area contributed by atoms with Crippen molar-refractivity contribution in [2.45, 2.75) is 76.7 Å². The number of aromatic nitrogens is 1. The van der Waals surface area contributed by atoms with Gasteiger partial charge < -0.3 is 10.2 Å². The molecule has 1 aromatic heterocycles. The van der Waals surface area contributed by atoms with Crippen LogP contribution in [0.25, 0.3) is 0 Å². The lowest BCUT2D eigenvalue weighted by Gasteiger charge is -2.32. The summed E-state index contributed by atoms with van der Waals surface area (Å²) in [6, 6.07) is 4.31. The molecule has 1 aliphatic carbocycles. The summed E-state index contributed by atoms with van der Waals surface area (Å²) in [6.45, 7) is 1.76. The number of hydroxylamine groups is 2. The molecule has 7 nitrogen and oxygen atoms in total. The number of guanidine groups is 1. The van der Waals surface area contributed by atoms with Gasteiger partial charge in [-0.3, -0.25) is 15.3 Å². The molecule has 0 radical (unpaired) electrons. The summed E-state index contributed by atoms with van der Waals surface area (Å²) in [5, 5.41) is 16.8. The second kappa shape index (κ2) is 14.8. The Hall–Kier alpha value is -2.17. The molecule has 0 atom stereocenters. The molecular formula is C22H36N6O. The van der Waals surface area contributed by atoms with E-state index in [2.05, 4.69) is 25.7 Å². The quantitative estimate of drug-likeness (QED) is 0.135. The zero-order valence-electron chi connectivity index (χ0n) is 17.8. The maximum Gasteiger partial charge on any atom is 0.209 e. The Bertz CT molecular complexity index is 609. The monoisotopic (exact) mass is 400 g/mol. The van der Waals surface area contributed by atoms with Crippen molar-refractivity contribution in [1.82, 2.24) is 15.4 Å². The number of unbranched alkanes of at least 4 members (excludes halogenated alkanes) is 5. The van der Waals surface area contributed by atoms with Gasteiger partial charge in [0, 0.05) is 37.2 Å². The first kappa shape index (κ1) is 23.1. The van der Waals surface area contributed by atoms with Gasteiger partial charge in [-0.05, 0) is 37.8 Å². The van der Waals surface area contributed by atoms with Crippen LogP contribution < -0.4 is 10.6 Å². The molecule has 0 spiro atoms. The maximum atomic E-state index is 8.87. The number of rotatable bonds is 12. The molecular weight excluding hydrogens is 364 g/mol. The molecule has 2 rings (SSSR count). The molecule has 1 heterocycles. The fourth-order valence-corrected chi connectivity index (χ4v) is 3.80. The van der Waals surface area contributed by atoms with Crippen LogP contribution in [-0.4, -0.2) is 42.2 Å². The van der Waals surface area contributed by atoms with Gasteiger partial charge in [0.1, 0.15) is 0 Å². The summed E-state index contributed by atoms with van der Waals surface area (Å²) in [5.41, 5.74) is 0.861. The van der Waals surface area contributed by atoms with Crippen LogP contribution in [0.3, 0.4) is 0 Å². The smallest absolute Gasteiger partial charge is 0.209 e. The first-order valence-electron chi connectivity index (χ1n) is 11.0. The Labute approximate surface area is 175 Å². The van der Waals surface area contributed by atoms with Crippen LogP contribution in [0.15, 0.2) is 29.5 Å². The van der Waals surface area contributed by atoms with Crippen molar-refractivity contribution in [3.05, 3.63) is 24.5 Å². The van der Waals surface area contributed by atoms with Crippen molar-refractivity contribution in [2.24, 2.45) is 4.99 Å². The third-order valence-electron chi connectivity index (χ3n) is 5.39. The summed E-state index contributed by atoms with van der Waals surface area (Å²) in [4.78, 5) is 14.1. The van der Waals surface area contributed by atoms with E-state index in [1.807, 2.05) is 25.4 Å². The van der Waals surface area contributed by atoms with E-state index in [0.29, 0.717) is 18.5 Å². The highest BCUT2D eigenvalue weighted by Crippen LogP contribution is 2.23. The predicted octanol–water partition coefficient (Wildman–Crippen LogP) is 4.46. The van der Waals surface area contributed by atoms with Crippen LogP contribution in [0.5, 0.6) is 0 Å². The summed E-state index contributed by atoms with van der Waals surface area (Å²) in [5.74, 6) is 0.487. The highest BCUT2D eigenvalue weighted by molar-refractivity contribution is 5.94. The minimum atomic E-state index is 0.487. The lowest BCUT2D eigenvalue weighted by molar-refractivity contribution is -0.168. The minimum Gasteiger partial charge on any atom is -0.325 e. The molecule has 0 aromatic carbocycles. The van der Waals surface area contributed by atoms with E-state index in [0.717, 1.165) is 25.1 Å². The maximum absolute atomic E-state index is 8.87. The fourth-order valence-electron chi connectivity index (χ4n) is 3.80. The van der Waals surface area contributed by atoms with Gasteiger partial charge in [0.05, 0.1) is 7.11 Å². The highest BCUT2D eigenvalue weighted by atomic mass is 16.7. The van der Waals surface area contributed by atoms with Crippen LogP contribution in [0.1, 0.15) is 70.6 Å². The topological polar surface area (TPSA) is 85.6 Å². The molecule has 1 aliphatic rings. The zero-order chi connectivity index (χ0) is 20.6. The Morgan fingerprint density at radius 2 is 1.83 bits per heavy atom. The molecule has 2 N–H and O–H groups in total. The summed E-state index contributed by atoms with van der Waals surface area (Å²) < 4.78 is 0. The number of nitrogens with zero attached hydrogens (tertiary/aromatic N) is 4. The fraction of sp³-hybridized carbons (Fsp3) is 0.682. The Kier molecular flexibility index (Phi) is 11.8. The number of hydrogen-bond acceptors (Lipinski definition) is 5. The van der Waals surface area contributed by atoms with Gasteiger partial charge in [-0.25, -0.2) is 0 Å². The number of anilines is 1. The molecule has 0 unspecified atom stereocenters. The Morgan fingerprint density at radius 1 is 1.14 bits per heavy atom. The van der Waals surface area contributed by atoms with Gasteiger partial charge in [0.15, 0.2) is 6.19 Å². The number of aliphatic imine (C=N–C) groups is 1. The zero-order valence-corrected chi connectivity index (χ0v) is 17.8. The number of nitrogens with one attached hydrogen (secondary N) is 2. The van der Waals surface area contributed by atoms with E-state index in [9.17, 15) is 0 Å². The van der Waals surface area contributed by atoms with Gasteiger partial charge in [-0.15, -0.1) is 0 Å². The summed E-state index contributed by atoms with van der Waals surface area (Å²) in [6.07, 6.45) is 19.1. The normalized spacial score (nSPS) is 15.3. The predicted molar refractivity (Wildman–Crippen MR) is 117 cm³/mol. The third-order valence-corrected chi connectivity index (χ3v) is 5.39. The minimum absolute atomic E-state index is 0.487. The molecule has 1 fully saturated rings. The largest absolute Gasteiger partial charge is 0.325 e. The van der Waals surface area contributed by atoms with Crippen molar-refractivity contribution in [3.8, 4) is 6.19 Å². The first-order chi connectivity index (χ1) is 14.3. The second-order valence-electron chi connectivity index (χ2n) is 7.56. The number of pyridine rings is 1. The molecule has 7 heteroatoms. The standard InChI is InChI=1S/C22H36N6O/c1-29-28(21-11-7-6-8-12-21)18-10-5-3-2-4-9-15-25-22(26-19-23)27-20-13-16-24-17-14-20/h13-14,16-17,21H,2-12,15,18H2,1H3,(H2,24,25,26,27). The van der Waals surface area contributed by atoms with Crippen LogP contribution in [0.4, 0.5) is 5.69 Å². The van der Waals surface area contributed by atoms with Gasteiger partial charge in [0.2, 0.25) is 5.96 Å². The third kappa shape index (κ3) is 9.73. The molecule has 0 amide bonds. The SMILES string of the molecule is CON(CCCCCCCCN=C(NC#N)Nc1ccncc1)C1CCCCC1. The van der Waals surface area contributed by atoms with Crippen molar-refractivity contribution in [1.29, 1.82) is 5.26 Å².